The summed E-state index contributed by atoms with van der Waals surface area (Å²) in [5, 5.41) is 43.2. The predicted octanol–water partition coefficient (Wildman–Crippen LogP) is 9.51. The first-order valence-corrected chi connectivity index (χ1v) is 31.5. The van der Waals surface area contributed by atoms with Gasteiger partial charge in [0.05, 0.1) is 0 Å². The Labute approximate surface area is 470 Å². The van der Waals surface area contributed by atoms with Crippen LogP contribution in [0.5, 0.6) is 0 Å². The van der Waals surface area contributed by atoms with E-state index in [1.807, 2.05) is 28.5 Å². The monoisotopic (exact) mass is 1070 g/mol. The Morgan fingerprint density at radius 2 is 0.921 bits per heavy atom. The van der Waals surface area contributed by atoms with Crippen LogP contribution < -0.4 is 11.1 Å². The van der Waals surface area contributed by atoms with Crippen LogP contribution in [-0.4, -0.2) is 180 Å². The van der Waals surface area contributed by atoms with Gasteiger partial charge in [-0.2, -0.15) is 0 Å². The third-order valence-corrected chi connectivity index (χ3v) is 15.3. The van der Waals surface area contributed by atoms with Crippen molar-refractivity contribution < 1.29 is 34.2 Å². The minimum atomic E-state index is -0.561. The van der Waals surface area contributed by atoms with Crippen LogP contribution in [-0.2, 0) is 14.2 Å². The Morgan fingerprint density at radius 1 is 0.513 bits per heavy atom. The number of carbonyl (C=O) groups is 1. The second-order valence-electron chi connectivity index (χ2n) is 22.5. The maximum atomic E-state index is 12.5. The van der Waals surface area contributed by atoms with E-state index < -0.39 is 28.2 Å². The number of nitrogens with zero attached hydrogens (tertiary/aromatic N) is 6. The molecule has 0 bridgehead atoms. The van der Waals surface area contributed by atoms with E-state index in [2.05, 4.69) is 15.0 Å². The summed E-state index contributed by atoms with van der Waals surface area (Å²) in [5.74, 6) is 0.363. The van der Waals surface area contributed by atoms with Crippen LogP contribution in [0.4, 0.5) is 0 Å². The number of hydrogen-bond acceptors (Lipinski definition) is 14. The fourth-order valence-electron chi connectivity index (χ4n) is 9.66. The first-order chi connectivity index (χ1) is 36.8. The molecule has 0 fully saturated rings. The van der Waals surface area contributed by atoms with Gasteiger partial charge in [0.25, 0.3) is 0 Å². The fourth-order valence-corrected chi connectivity index (χ4v) is 9.66. The van der Waals surface area contributed by atoms with Gasteiger partial charge in [-0.05, 0) is 26.2 Å². The van der Waals surface area contributed by atoms with Crippen molar-refractivity contribution in [2.24, 2.45) is 21.5 Å². The maximum absolute atomic E-state index is 12.5. The molecular weight excluding hydrogens is 950 g/mol. The van der Waals surface area contributed by atoms with E-state index in [0.717, 1.165) is 149 Å². The third kappa shape index (κ3) is 49.6. The van der Waals surface area contributed by atoms with Crippen molar-refractivity contribution in [3.05, 3.63) is 0 Å². The van der Waals surface area contributed by atoms with Crippen molar-refractivity contribution in [3.8, 4) is 0 Å². The fraction of sp³-hybridized carbons (Fsp3) is 0.964. The summed E-state index contributed by atoms with van der Waals surface area (Å²) >= 11 is 0. The van der Waals surface area contributed by atoms with Gasteiger partial charge in [0.15, 0.2) is 0 Å². The van der Waals surface area contributed by atoms with Gasteiger partial charge >= 0.3 is 314 Å². The summed E-state index contributed by atoms with van der Waals surface area (Å²) < 4.78 is 17.9. The average molecular weight is 1070 g/mol. The molecule has 0 aliphatic carbocycles. The Balaban J connectivity index is 4.53. The minimum absolute atomic E-state index is 0.179. The molecule has 0 rings (SSSR count). The van der Waals surface area contributed by atoms with E-state index in [1.54, 1.807) is 34.6 Å². The van der Waals surface area contributed by atoms with Crippen molar-refractivity contribution in [3.63, 3.8) is 0 Å². The topological polar surface area (TPSA) is 200 Å². The molecule has 0 aromatic carbocycles. The third-order valence-electron chi connectivity index (χ3n) is 15.3. The summed E-state index contributed by atoms with van der Waals surface area (Å²) in [4.78, 5) is 29.8. The molecule has 0 spiro atoms. The molecule has 1 amide bonds. The number of nitrogens with two attached hydrogens (primary N) is 1. The Hall–Kier alpha value is -1.43. The molecule has 0 radical (unpaired) electrons. The second kappa shape index (κ2) is 55.5. The second-order valence-corrected chi connectivity index (χ2v) is 22.5. The van der Waals surface area contributed by atoms with E-state index in [1.165, 1.54) is 122 Å². The van der Waals surface area contributed by atoms with E-state index in [-0.39, 0.29) is 11.8 Å². The van der Waals surface area contributed by atoms with Crippen LogP contribution in [0.25, 0.3) is 0 Å². The molecule has 76 heavy (non-hydrogen) atoms. The van der Waals surface area contributed by atoms with Gasteiger partial charge in [0.2, 0.25) is 0 Å². The molecule has 0 aliphatic heterocycles. The Kier molecular flexibility index (Phi) is 54.4. The van der Waals surface area contributed by atoms with Gasteiger partial charge in [0.1, 0.15) is 0 Å². The van der Waals surface area contributed by atoms with Crippen LogP contribution >= 0.6 is 0 Å². The zero-order valence-corrected chi connectivity index (χ0v) is 50.3. The standard InChI is InChI=1S/C55H118B6N8O7/c1-58(72)66(5)44-37-48-68(60(3)74)46-34-28-36-50-76-57-65-52-53(51-64-54(56-71)40-31-35-47-69(61(4)75)49-38-45-67(6)59(2)73)39-29-25-27-33-43-63-55(70)41-30-24-22-20-18-16-14-12-10-8-7-9-11-13-15-17-19-21-23-26-32-42-62/h53,72-75H,7-52,62H2,1-6H3,(H,63,70)/b64-54+. The van der Waals surface area contributed by atoms with E-state index in [4.69, 9.17) is 15.4 Å². The molecule has 1 unspecified atom stereocenters. The average Bonchev–Trinajstić information content (AvgIpc) is 3.39. The molecule has 0 aromatic rings. The molecule has 0 aromatic heterocycles. The van der Waals surface area contributed by atoms with Crippen molar-refractivity contribution in [2.75, 3.05) is 86.1 Å². The number of hydrogen-bond donors (Lipinski definition) is 6. The molecule has 0 heterocycles. The summed E-state index contributed by atoms with van der Waals surface area (Å²) in [5.41, 5.74) is 6.15. The Morgan fingerprint density at radius 3 is 1.38 bits per heavy atom. The van der Waals surface area contributed by atoms with Gasteiger partial charge in [-0.15, -0.1) is 0 Å². The number of rotatable bonds is 59. The molecule has 0 saturated carbocycles. The first kappa shape index (κ1) is 74.6. The van der Waals surface area contributed by atoms with Crippen LogP contribution in [0.1, 0.15) is 225 Å². The number of aliphatic imine (C=N–C) groups is 1. The van der Waals surface area contributed by atoms with E-state index in [0.29, 0.717) is 38.1 Å². The number of nitrogens with one attached hydrogen (secondary N) is 1. The van der Waals surface area contributed by atoms with Gasteiger partial charge < -0.3 is 10.8 Å². The summed E-state index contributed by atoms with van der Waals surface area (Å²) in [6.45, 7) is 14.9. The Bertz CT molecular complexity index is 1350. The van der Waals surface area contributed by atoms with Crippen LogP contribution in [0.3, 0.4) is 0 Å². The molecule has 0 saturated heterocycles. The zero-order valence-electron chi connectivity index (χ0n) is 50.3. The van der Waals surface area contributed by atoms with Gasteiger partial charge in [0, 0.05) is 0 Å². The summed E-state index contributed by atoms with van der Waals surface area (Å²) in [6, 6.07) is 0. The quantitative estimate of drug-likeness (QED) is 0.0192. The van der Waals surface area contributed by atoms with Crippen molar-refractivity contribution in [1.82, 2.24) is 24.6 Å². The molecular formula is C55H118B6N8O7. The summed E-state index contributed by atoms with van der Waals surface area (Å²) in [7, 11) is 4.19. The van der Waals surface area contributed by atoms with Gasteiger partial charge in [-0.1, -0.05) is 122 Å². The predicted molar refractivity (Wildman–Crippen MR) is 329 cm³/mol. The van der Waals surface area contributed by atoms with Crippen LogP contribution in [0.15, 0.2) is 9.89 Å². The summed E-state index contributed by atoms with van der Waals surface area (Å²) in [6.07, 6.45) is 40.5. The molecule has 7 N–H and O–H groups in total. The first-order valence-electron chi connectivity index (χ1n) is 31.5. The molecule has 0 aliphatic rings. The van der Waals surface area contributed by atoms with Gasteiger partial charge in [-0.25, -0.2) is 0 Å². The zero-order chi connectivity index (χ0) is 56.1. The van der Waals surface area contributed by atoms with Crippen molar-refractivity contribution in [2.45, 2.75) is 252 Å². The van der Waals surface area contributed by atoms with Crippen LogP contribution in [0, 0.1) is 5.92 Å². The van der Waals surface area contributed by atoms with E-state index >= 15 is 0 Å². The van der Waals surface area contributed by atoms with Crippen molar-refractivity contribution >= 4 is 54.1 Å². The molecule has 15 nitrogen and oxygen atoms in total. The number of amides is 1. The van der Waals surface area contributed by atoms with Crippen molar-refractivity contribution in [1.29, 1.82) is 0 Å². The molecule has 438 valence electrons. The SMILES string of the molecule is CB(O)N(C)CCCN(CCCCCO/B=N\CC(CCCCCCNC(=O)CCCCCCCCCCCCCCCCCCCCCCCN)C/N=C(/B=O)CCCCN(CCCN(C)B(C)O)B(C)O)B(C)O. The normalized spacial score (nSPS) is 12.3. The van der Waals surface area contributed by atoms with E-state index in [9.17, 15) is 29.6 Å². The molecule has 1 atom stereocenters. The number of carbonyl (C=O) groups excluding carboxylic acids is 1. The van der Waals surface area contributed by atoms with Gasteiger partial charge in [-0.3, -0.25) is 0 Å². The molecule has 21 heteroatoms. The van der Waals surface area contributed by atoms with Crippen LogP contribution in [0.2, 0.25) is 27.3 Å². The number of unbranched alkanes of at least 4 members (excludes halogenated alkanes) is 26.